The van der Waals surface area contributed by atoms with Crippen LogP contribution in [-0.4, -0.2) is 29.0 Å². The van der Waals surface area contributed by atoms with Crippen molar-refractivity contribution in [3.8, 4) is 0 Å². The second kappa shape index (κ2) is 8.27. The standard InChI is InChI=1S/C24H28N2O3/c1-13-10-14(2)21(15(3)11-13)22-20(27)12-18(23(22)28)8-9-25-24(29)19-7-6-16(4)26-17(19)5/h6-7,10-11,18,22H,8-9,12H2,1-5H3,(H,25,29). The summed E-state index contributed by atoms with van der Waals surface area (Å²) in [7, 11) is 0. The van der Waals surface area contributed by atoms with E-state index in [2.05, 4.69) is 10.3 Å². The summed E-state index contributed by atoms with van der Waals surface area (Å²) in [6.45, 7) is 9.97. The van der Waals surface area contributed by atoms with Crippen LogP contribution < -0.4 is 5.32 Å². The fourth-order valence-electron chi connectivity index (χ4n) is 4.43. The molecule has 2 aromatic rings. The molecule has 1 aliphatic rings. The summed E-state index contributed by atoms with van der Waals surface area (Å²) >= 11 is 0. The van der Waals surface area contributed by atoms with Crippen molar-refractivity contribution in [2.24, 2.45) is 5.92 Å². The highest BCUT2D eigenvalue weighted by Crippen LogP contribution is 2.37. The quantitative estimate of drug-likeness (QED) is 0.788. The fourth-order valence-corrected chi connectivity index (χ4v) is 4.43. The molecule has 5 nitrogen and oxygen atoms in total. The van der Waals surface area contributed by atoms with E-state index >= 15 is 0 Å². The SMILES string of the molecule is Cc1cc(C)c(C2C(=O)CC(CCNC(=O)c3ccc(C)nc3C)C2=O)c(C)c1. The number of nitrogens with one attached hydrogen (secondary N) is 1. The molecule has 1 N–H and O–H groups in total. The third kappa shape index (κ3) is 4.29. The third-order valence-corrected chi connectivity index (χ3v) is 5.73. The molecular formula is C24H28N2O3. The summed E-state index contributed by atoms with van der Waals surface area (Å²) in [6.07, 6.45) is 0.715. The number of ketones is 2. The summed E-state index contributed by atoms with van der Waals surface area (Å²) in [6, 6.07) is 7.61. The molecule has 0 aliphatic heterocycles. The Kier molecular flexibility index (Phi) is 5.96. The number of rotatable bonds is 5. The number of carbonyl (C=O) groups is 3. The lowest BCUT2D eigenvalue weighted by atomic mass is 9.86. The lowest BCUT2D eigenvalue weighted by molar-refractivity contribution is -0.124. The van der Waals surface area contributed by atoms with Gasteiger partial charge in [-0.2, -0.15) is 0 Å². The van der Waals surface area contributed by atoms with Gasteiger partial charge in [-0.05, 0) is 69.9 Å². The van der Waals surface area contributed by atoms with Gasteiger partial charge in [0.15, 0.2) is 5.78 Å². The van der Waals surface area contributed by atoms with Crippen LogP contribution in [0, 0.1) is 40.5 Å². The lowest BCUT2D eigenvalue weighted by Crippen LogP contribution is -2.28. The van der Waals surface area contributed by atoms with Crippen molar-refractivity contribution in [3.05, 3.63) is 63.5 Å². The second-order valence-electron chi connectivity index (χ2n) is 8.15. The maximum absolute atomic E-state index is 13.0. The number of amides is 1. The van der Waals surface area contributed by atoms with E-state index in [0.717, 1.165) is 27.9 Å². The first-order valence-electron chi connectivity index (χ1n) is 10.1. The molecule has 0 saturated heterocycles. The minimum atomic E-state index is -0.667. The largest absolute Gasteiger partial charge is 0.352 e. The van der Waals surface area contributed by atoms with Crippen LogP contribution in [0.3, 0.4) is 0 Å². The molecule has 1 aromatic carbocycles. The van der Waals surface area contributed by atoms with E-state index in [1.165, 1.54) is 0 Å². The number of nitrogens with zero attached hydrogens (tertiary/aromatic N) is 1. The third-order valence-electron chi connectivity index (χ3n) is 5.73. The average molecular weight is 392 g/mol. The van der Waals surface area contributed by atoms with Crippen molar-refractivity contribution in [2.45, 2.75) is 53.4 Å². The molecular weight excluding hydrogens is 364 g/mol. The molecule has 1 aliphatic carbocycles. The van der Waals surface area contributed by atoms with Gasteiger partial charge in [-0.1, -0.05) is 17.7 Å². The summed E-state index contributed by atoms with van der Waals surface area (Å²) in [5.74, 6) is -1.24. The molecule has 2 atom stereocenters. The number of aromatic nitrogens is 1. The molecule has 5 heteroatoms. The molecule has 1 saturated carbocycles. The molecule has 0 bridgehead atoms. The number of aryl methyl sites for hydroxylation is 5. The highest BCUT2D eigenvalue weighted by molar-refractivity contribution is 6.15. The first kappa shape index (κ1) is 20.9. The Bertz CT molecular complexity index is 971. The Balaban J connectivity index is 1.66. The maximum Gasteiger partial charge on any atom is 0.253 e. The van der Waals surface area contributed by atoms with Crippen LogP contribution in [0.2, 0.25) is 0 Å². The predicted octanol–water partition coefficient (Wildman–Crippen LogP) is 3.69. The summed E-state index contributed by atoms with van der Waals surface area (Å²) in [5, 5.41) is 2.86. The number of Topliss-reactive ketones (excluding diaryl/α,β-unsaturated/α-hetero) is 2. The van der Waals surface area contributed by atoms with Crippen LogP contribution in [0.4, 0.5) is 0 Å². The number of hydrogen-bond acceptors (Lipinski definition) is 4. The van der Waals surface area contributed by atoms with Crippen LogP contribution in [0.5, 0.6) is 0 Å². The van der Waals surface area contributed by atoms with Gasteiger partial charge in [0.25, 0.3) is 5.91 Å². The van der Waals surface area contributed by atoms with E-state index in [0.29, 0.717) is 24.2 Å². The Morgan fingerprint density at radius 2 is 1.72 bits per heavy atom. The van der Waals surface area contributed by atoms with Crippen molar-refractivity contribution in [3.63, 3.8) is 0 Å². The van der Waals surface area contributed by atoms with Crippen molar-refractivity contribution < 1.29 is 14.4 Å². The van der Waals surface area contributed by atoms with Gasteiger partial charge in [0.2, 0.25) is 0 Å². The molecule has 29 heavy (non-hydrogen) atoms. The van der Waals surface area contributed by atoms with Gasteiger partial charge in [-0.25, -0.2) is 0 Å². The van der Waals surface area contributed by atoms with Crippen molar-refractivity contribution >= 4 is 17.5 Å². The predicted molar refractivity (Wildman–Crippen MR) is 112 cm³/mol. The first-order chi connectivity index (χ1) is 13.7. The van der Waals surface area contributed by atoms with E-state index < -0.39 is 5.92 Å². The second-order valence-corrected chi connectivity index (χ2v) is 8.15. The first-order valence-corrected chi connectivity index (χ1v) is 10.1. The molecule has 1 aromatic heterocycles. The van der Waals surface area contributed by atoms with E-state index in [4.69, 9.17) is 0 Å². The zero-order chi connectivity index (χ0) is 21.3. The molecule has 0 radical (unpaired) electrons. The average Bonchev–Trinajstić information content (AvgIpc) is 2.89. The number of benzene rings is 1. The van der Waals surface area contributed by atoms with Crippen LogP contribution in [-0.2, 0) is 9.59 Å². The highest BCUT2D eigenvalue weighted by Gasteiger charge is 2.42. The van der Waals surface area contributed by atoms with E-state index in [-0.39, 0.29) is 29.8 Å². The molecule has 1 fully saturated rings. The zero-order valence-electron chi connectivity index (χ0n) is 17.8. The maximum atomic E-state index is 13.0. The summed E-state index contributed by atoms with van der Waals surface area (Å²) in [4.78, 5) is 42.4. The Morgan fingerprint density at radius 1 is 1.07 bits per heavy atom. The normalized spacial score (nSPS) is 18.9. The van der Waals surface area contributed by atoms with Gasteiger partial charge in [-0.3, -0.25) is 19.4 Å². The zero-order valence-corrected chi connectivity index (χ0v) is 17.8. The Morgan fingerprint density at radius 3 is 2.34 bits per heavy atom. The molecule has 1 heterocycles. The number of pyridine rings is 1. The van der Waals surface area contributed by atoms with Crippen LogP contribution in [0.15, 0.2) is 24.3 Å². The molecule has 1 amide bonds. The minimum Gasteiger partial charge on any atom is -0.352 e. The summed E-state index contributed by atoms with van der Waals surface area (Å²) in [5.41, 5.74) is 6.05. The molecule has 0 spiro atoms. The monoisotopic (exact) mass is 392 g/mol. The Labute approximate surface area is 171 Å². The molecule has 3 rings (SSSR count). The van der Waals surface area contributed by atoms with E-state index in [1.807, 2.05) is 39.8 Å². The van der Waals surface area contributed by atoms with E-state index in [9.17, 15) is 14.4 Å². The van der Waals surface area contributed by atoms with Gasteiger partial charge in [-0.15, -0.1) is 0 Å². The summed E-state index contributed by atoms with van der Waals surface area (Å²) < 4.78 is 0. The highest BCUT2D eigenvalue weighted by atomic mass is 16.2. The Hall–Kier alpha value is -2.82. The number of hydrogen-bond donors (Lipinski definition) is 1. The van der Waals surface area contributed by atoms with Crippen LogP contribution in [0.25, 0.3) is 0 Å². The van der Waals surface area contributed by atoms with Crippen LogP contribution >= 0.6 is 0 Å². The topological polar surface area (TPSA) is 76.1 Å². The van der Waals surface area contributed by atoms with E-state index in [1.54, 1.807) is 19.1 Å². The van der Waals surface area contributed by atoms with Crippen LogP contribution in [0.1, 0.15) is 62.8 Å². The van der Waals surface area contributed by atoms with Gasteiger partial charge >= 0.3 is 0 Å². The lowest BCUT2D eigenvalue weighted by Gasteiger charge is -2.16. The van der Waals surface area contributed by atoms with Gasteiger partial charge in [0.05, 0.1) is 11.3 Å². The van der Waals surface area contributed by atoms with Gasteiger partial charge in [0, 0.05) is 24.6 Å². The van der Waals surface area contributed by atoms with Gasteiger partial charge in [0.1, 0.15) is 11.7 Å². The van der Waals surface area contributed by atoms with Gasteiger partial charge < -0.3 is 5.32 Å². The molecule has 152 valence electrons. The van der Waals surface area contributed by atoms with Crippen molar-refractivity contribution in [1.29, 1.82) is 0 Å². The number of carbonyl (C=O) groups excluding carboxylic acids is 3. The van der Waals surface area contributed by atoms with Crippen molar-refractivity contribution in [1.82, 2.24) is 10.3 Å². The molecule has 2 unspecified atom stereocenters. The smallest absolute Gasteiger partial charge is 0.253 e. The fraction of sp³-hybridized carbons (Fsp3) is 0.417. The minimum absolute atomic E-state index is 0.0139. The van der Waals surface area contributed by atoms with Crippen molar-refractivity contribution in [2.75, 3.05) is 6.54 Å².